The van der Waals surface area contributed by atoms with E-state index in [4.69, 9.17) is 5.26 Å². The summed E-state index contributed by atoms with van der Waals surface area (Å²) < 4.78 is 12.7. The van der Waals surface area contributed by atoms with Gasteiger partial charge in [-0.3, -0.25) is 4.79 Å². The second-order valence-corrected chi connectivity index (χ2v) is 4.26. The summed E-state index contributed by atoms with van der Waals surface area (Å²) in [6, 6.07) is 8.08. The molecule has 0 bridgehead atoms. The average molecular weight is 275 g/mol. The maximum atomic E-state index is 12.7. The molecule has 0 saturated carbocycles. The number of halogens is 1. The van der Waals surface area contributed by atoms with Crippen molar-refractivity contribution in [3.8, 4) is 6.07 Å². The summed E-state index contributed by atoms with van der Waals surface area (Å²) in [4.78, 5) is 11.6. The van der Waals surface area contributed by atoms with Crippen LogP contribution in [0.25, 0.3) is 0 Å². The van der Waals surface area contributed by atoms with Crippen LogP contribution in [0.1, 0.15) is 18.9 Å². The van der Waals surface area contributed by atoms with E-state index in [0.29, 0.717) is 19.5 Å². The quantitative estimate of drug-likeness (QED) is 0.454. The Morgan fingerprint density at radius 2 is 2.05 bits per heavy atom. The Kier molecular flexibility index (Phi) is 6.83. The number of nitrogens with zero attached hydrogens (tertiary/aromatic N) is 1. The van der Waals surface area contributed by atoms with Crippen molar-refractivity contribution in [2.45, 2.75) is 19.8 Å². The first-order valence-electron chi connectivity index (χ1n) is 6.53. The van der Waals surface area contributed by atoms with Gasteiger partial charge in [0.1, 0.15) is 17.5 Å². The minimum absolute atomic E-state index is 0.0533. The molecule has 0 aromatic heterocycles. The van der Waals surface area contributed by atoms with Crippen LogP contribution in [0, 0.1) is 17.1 Å². The number of nitriles is 1. The summed E-state index contributed by atoms with van der Waals surface area (Å²) in [5.74, 6) is -0.635. The van der Waals surface area contributed by atoms with E-state index in [0.717, 1.165) is 12.0 Å². The number of rotatable bonds is 7. The smallest absolute Gasteiger partial charge is 0.263 e. The molecular weight excluding hydrogens is 257 g/mol. The molecule has 0 aliphatic rings. The Hall–Kier alpha value is -2.35. The first kappa shape index (κ1) is 15.7. The zero-order chi connectivity index (χ0) is 14.8. The second kappa shape index (κ2) is 8.70. The molecule has 0 aliphatic heterocycles. The normalized spacial score (nSPS) is 10.8. The molecule has 0 fully saturated rings. The molecule has 20 heavy (non-hydrogen) atoms. The number of carbonyl (C=O) groups is 1. The largest absolute Gasteiger partial charge is 0.389 e. The van der Waals surface area contributed by atoms with Gasteiger partial charge in [-0.25, -0.2) is 4.39 Å². The number of hydrogen-bond acceptors (Lipinski definition) is 3. The van der Waals surface area contributed by atoms with Crippen molar-refractivity contribution in [3.63, 3.8) is 0 Å². The van der Waals surface area contributed by atoms with E-state index in [-0.39, 0.29) is 17.3 Å². The van der Waals surface area contributed by atoms with Crippen molar-refractivity contribution in [2.24, 2.45) is 0 Å². The van der Waals surface area contributed by atoms with Gasteiger partial charge in [-0.15, -0.1) is 0 Å². The molecule has 0 saturated heterocycles. The van der Waals surface area contributed by atoms with Crippen LogP contribution < -0.4 is 10.6 Å². The number of hydrogen-bond donors (Lipinski definition) is 2. The van der Waals surface area contributed by atoms with Crippen LogP contribution >= 0.6 is 0 Å². The molecule has 1 amide bonds. The van der Waals surface area contributed by atoms with Crippen LogP contribution in [-0.4, -0.2) is 19.0 Å². The summed E-state index contributed by atoms with van der Waals surface area (Å²) >= 11 is 0. The molecule has 4 nitrogen and oxygen atoms in total. The predicted octanol–water partition coefficient (Wildman–Crippen LogP) is 1.89. The van der Waals surface area contributed by atoms with Gasteiger partial charge in [0, 0.05) is 19.3 Å². The van der Waals surface area contributed by atoms with E-state index < -0.39 is 0 Å². The van der Waals surface area contributed by atoms with Crippen LogP contribution in [0.15, 0.2) is 36.0 Å². The van der Waals surface area contributed by atoms with Gasteiger partial charge in [-0.2, -0.15) is 5.26 Å². The molecule has 1 rings (SSSR count). The molecule has 106 valence electrons. The van der Waals surface area contributed by atoms with Gasteiger partial charge >= 0.3 is 0 Å². The highest BCUT2D eigenvalue weighted by atomic mass is 19.1. The monoisotopic (exact) mass is 275 g/mol. The molecule has 1 aromatic carbocycles. The Balaban J connectivity index is 2.40. The van der Waals surface area contributed by atoms with Crippen LogP contribution in [0.3, 0.4) is 0 Å². The van der Waals surface area contributed by atoms with Crippen LogP contribution in [0.5, 0.6) is 0 Å². The Labute approximate surface area is 118 Å². The first-order valence-corrected chi connectivity index (χ1v) is 6.53. The Morgan fingerprint density at radius 3 is 2.65 bits per heavy atom. The van der Waals surface area contributed by atoms with Crippen molar-refractivity contribution in [1.29, 1.82) is 5.26 Å². The van der Waals surface area contributed by atoms with E-state index in [2.05, 4.69) is 10.6 Å². The van der Waals surface area contributed by atoms with E-state index in [1.807, 2.05) is 13.0 Å². The number of benzene rings is 1. The van der Waals surface area contributed by atoms with Crippen molar-refractivity contribution in [3.05, 3.63) is 47.4 Å². The van der Waals surface area contributed by atoms with E-state index >= 15 is 0 Å². The van der Waals surface area contributed by atoms with Gasteiger partial charge in [-0.1, -0.05) is 19.1 Å². The fourth-order valence-corrected chi connectivity index (χ4v) is 1.52. The van der Waals surface area contributed by atoms with E-state index in [9.17, 15) is 9.18 Å². The average Bonchev–Trinajstić information content (AvgIpc) is 2.46. The zero-order valence-electron chi connectivity index (χ0n) is 11.4. The van der Waals surface area contributed by atoms with Crippen LogP contribution in [-0.2, 0) is 11.2 Å². The molecule has 0 aliphatic carbocycles. The molecule has 0 radical (unpaired) electrons. The predicted molar refractivity (Wildman–Crippen MR) is 75.1 cm³/mol. The minimum atomic E-state index is -0.372. The maximum Gasteiger partial charge on any atom is 0.263 e. The summed E-state index contributed by atoms with van der Waals surface area (Å²) in [6.45, 7) is 3.06. The Morgan fingerprint density at radius 1 is 1.35 bits per heavy atom. The highest BCUT2D eigenvalue weighted by Gasteiger charge is 2.06. The standard InChI is InChI=1S/C15H18FN3O/c1-2-8-19-15(20)13(10-17)11-18-9-7-12-3-5-14(16)6-4-12/h3-6,11,18H,2,7-9H2,1H3,(H,19,20)/b13-11-. The lowest BCUT2D eigenvalue weighted by Gasteiger charge is -2.04. The van der Waals surface area contributed by atoms with Gasteiger partial charge in [0.2, 0.25) is 0 Å². The fraction of sp³-hybridized carbons (Fsp3) is 0.333. The van der Waals surface area contributed by atoms with Gasteiger partial charge in [0.25, 0.3) is 5.91 Å². The minimum Gasteiger partial charge on any atom is -0.389 e. The van der Waals surface area contributed by atoms with Crippen molar-refractivity contribution >= 4 is 5.91 Å². The lowest BCUT2D eigenvalue weighted by Crippen LogP contribution is -2.26. The maximum absolute atomic E-state index is 12.7. The molecule has 5 heteroatoms. The fourth-order valence-electron chi connectivity index (χ4n) is 1.52. The topological polar surface area (TPSA) is 64.9 Å². The second-order valence-electron chi connectivity index (χ2n) is 4.26. The summed E-state index contributed by atoms with van der Waals surface area (Å²) in [5.41, 5.74) is 1.04. The number of nitrogens with one attached hydrogen (secondary N) is 2. The summed E-state index contributed by atoms with van der Waals surface area (Å²) in [5, 5.41) is 14.4. The molecule has 0 unspecified atom stereocenters. The van der Waals surface area contributed by atoms with Crippen LogP contribution in [0.2, 0.25) is 0 Å². The molecular formula is C15H18FN3O. The molecule has 0 atom stereocenters. The van der Waals surface area contributed by atoms with E-state index in [1.54, 1.807) is 12.1 Å². The first-order chi connectivity index (χ1) is 9.67. The van der Waals surface area contributed by atoms with Gasteiger partial charge < -0.3 is 10.6 Å². The molecule has 0 heterocycles. The lowest BCUT2D eigenvalue weighted by atomic mass is 10.1. The Bertz CT molecular complexity index is 503. The zero-order valence-corrected chi connectivity index (χ0v) is 11.4. The summed E-state index contributed by atoms with van der Waals surface area (Å²) in [6.07, 6.45) is 2.92. The lowest BCUT2D eigenvalue weighted by molar-refractivity contribution is -0.117. The third-order valence-corrected chi connectivity index (χ3v) is 2.62. The van der Waals surface area contributed by atoms with Crippen molar-refractivity contribution < 1.29 is 9.18 Å². The van der Waals surface area contributed by atoms with E-state index in [1.165, 1.54) is 18.3 Å². The highest BCUT2D eigenvalue weighted by Crippen LogP contribution is 2.02. The molecule has 1 aromatic rings. The third-order valence-electron chi connectivity index (χ3n) is 2.62. The number of carbonyl (C=O) groups excluding carboxylic acids is 1. The SMILES string of the molecule is CCCNC(=O)/C(C#N)=C\NCCc1ccc(F)cc1. The van der Waals surface area contributed by atoms with Crippen LogP contribution in [0.4, 0.5) is 4.39 Å². The van der Waals surface area contributed by atoms with Crippen molar-refractivity contribution in [2.75, 3.05) is 13.1 Å². The summed E-state index contributed by atoms with van der Waals surface area (Å²) in [7, 11) is 0. The molecule has 2 N–H and O–H groups in total. The van der Waals surface area contributed by atoms with Gasteiger partial charge in [0.05, 0.1) is 0 Å². The number of amides is 1. The van der Waals surface area contributed by atoms with Gasteiger partial charge in [-0.05, 0) is 30.5 Å². The van der Waals surface area contributed by atoms with Gasteiger partial charge in [0.15, 0.2) is 0 Å². The highest BCUT2D eigenvalue weighted by molar-refractivity contribution is 5.97. The van der Waals surface area contributed by atoms with Crippen molar-refractivity contribution in [1.82, 2.24) is 10.6 Å². The molecule has 0 spiro atoms. The third kappa shape index (κ3) is 5.53.